The highest BCUT2D eigenvalue weighted by Crippen LogP contribution is 2.44. The zero-order valence-electron chi connectivity index (χ0n) is 9.24. The molecule has 1 aliphatic rings. The monoisotopic (exact) mass is 238 g/mol. The molecule has 1 aromatic carbocycles. The molecule has 2 nitrogen and oxygen atoms in total. The predicted molar refractivity (Wildman–Crippen MR) is 64.3 cm³/mol. The fourth-order valence-corrected chi connectivity index (χ4v) is 2.90. The second-order valence-electron chi connectivity index (χ2n) is 4.54. The van der Waals surface area contributed by atoms with Gasteiger partial charge in [0.15, 0.2) is 6.29 Å². The Balaban J connectivity index is 2.42. The summed E-state index contributed by atoms with van der Waals surface area (Å²) in [6.45, 7) is 2.21. The lowest BCUT2D eigenvalue weighted by molar-refractivity contribution is 0.112. The van der Waals surface area contributed by atoms with Crippen LogP contribution in [-0.4, -0.2) is 11.4 Å². The summed E-state index contributed by atoms with van der Waals surface area (Å²) >= 11 is 6.11. The number of phenols is 1. The fraction of sp³-hybridized carbons (Fsp3) is 0.462. The van der Waals surface area contributed by atoms with Gasteiger partial charge in [-0.05, 0) is 29.9 Å². The molecule has 0 bridgehead atoms. The number of benzene rings is 1. The Kier molecular flexibility index (Phi) is 3.20. The number of halogens is 1. The molecule has 0 saturated heterocycles. The predicted octanol–water partition coefficient (Wildman–Crippen LogP) is 3.76. The van der Waals surface area contributed by atoms with Crippen molar-refractivity contribution in [1.29, 1.82) is 0 Å². The van der Waals surface area contributed by atoms with Gasteiger partial charge < -0.3 is 5.11 Å². The topological polar surface area (TPSA) is 37.3 Å². The lowest BCUT2D eigenvalue weighted by Crippen LogP contribution is -2.03. The zero-order valence-corrected chi connectivity index (χ0v) is 10.00. The molecule has 1 N–H and O–H groups in total. The maximum absolute atomic E-state index is 10.7. The van der Waals surface area contributed by atoms with Gasteiger partial charge in [-0.3, -0.25) is 4.79 Å². The van der Waals surface area contributed by atoms with Gasteiger partial charge in [-0.2, -0.15) is 0 Å². The summed E-state index contributed by atoms with van der Waals surface area (Å²) in [5.74, 6) is 0.936. The molecule has 3 heteroatoms. The molecule has 0 amide bonds. The molecule has 0 spiro atoms. The molecule has 2 atom stereocenters. The van der Waals surface area contributed by atoms with Gasteiger partial charge in [0, 0.05) is 0 Å². The van der Waals surface area contributed by atoms with E-state index in [0.717, 1.165) is 12.0 Å². The first-order chi connectivity index (χ1) is 7.65. The quantitative estimate of drug-likeness (QED) is 0.797. The van der Waals surface area contributed by atoms with E-state index in [1.807, 2.05) is 6.07 Å². The molecule has 0 aromatic heterocycles. The molecule has 1 saturated carbocycles. The molecule has 2 unspecified atom stereocenters. The van der Waals surface area contributed by atoms with Crippen LogP contribution in [-0.2, 0) is 0 Å². The van der Waals surface area contributed by atoms with Crippen molar-refractivity contribution in [1.82, 2.24) is 0 Å². The van der Waals surface area contributed by atoms with E-state index in [9.17, 15) is 9.90 Å². The minimum Gasteiger partial charge on any atom is -0.506 e. The standard InChI is InChI=1S/C13H15ClO2/c1-8-3-2-4-10(8)11-6-5-9(7-15)13(16)12(11)14/h5-8,10,16H,2-4H2,1H3. The first kappa shape index (κ1) is 11.5. The van der Waals surface area contributed by atoms with Crippen LogP contribution < -0.4 is 0 Å². The van der Waals surface area contributed by atoms with Crippen LogP contribution in [0, 0.1) is 5.92 Å². The van der Waals surface area contributed by atoms with Gasteiger partial charge in [-0.25, -0.2) is 0 Å². The Bertz CT molecular complexity index is 415. The highest BCUT2D eigenvalue weighted by molar-refractivity contribution is 6.33. The van der Waals surface area contributed by atoms with Crippen LogP contribution >= 0.6 is 11.6 Å². The van der Waals surface area contributed by atoms with Crippen molar-refractivity contribution in [2.24, 2.45) is 5.92 Å². The SMILES string of the molecule is CC1CCCC1c1ccc(C=O)c(O)c1Cl. The van der Waals surface area contributed by atoms with Crippen molar-refractivity contribution in [3.63, 3.8) is 0 Å². The zero-order chi connectivity index (χ0) is 11.7. The van der Waals surface area contributed by atoms with Crippen LogP contribution in [0.1, 0.15) is 48.0 Å². The number of carbonyl (C=O) groups excluding carboxylic acids is 1. The number of hydrogen-bond donors (Lipinski definition) is 1. The van der Waals surface area contributed by atoms with Crippen LogP contribution in [0.2, 0.25) is 5.02 Å². The van der Waals surface area contributed by atoms with E-state index in [4.69, 9.17) is 11.6 Å². The molecule has 1 aliphatic carbocycles. The second kappa shape index (κ2) is 4.46. The highest BCUT2D eigenvalue weighted by Gasteiger charge is 2.27. The van der Waals surface area contributed by atoms with Gasteiger partial charge in [0.25, 0.3) is 0 Å². The average Bonchev–Trinajstić information content (AvgIpc) is 2.69. The number of phenolic OH excluding ortho intramolecular Hbond substituents is 1. The van der Waals surface area contributed by atoms with Gasteiger partial charge in [-0.1, -0.05) is 37.4 Å². The summed E-state index contributed by atoms with van der Waals surface area (Å²) in [5, 5.41) is 10.1. The summed E-state index contributed by atoms with van der Waals surface area (Å²) < 4.78 is 0. The van der Waals surface area contributed by atoms with Crippen LogP contribution in [0.5, 0.6) is 5.75 Å². The van der Waals surface area contributed by atoms with Crippen molar-refractivity contribution >= 4 is 17.9 Å². The van der Waals surface area contributed by atoms with Crippen molar-refractivity contribution in [2.45, 2.75) is 32.1 Å². The third kappa shape index (κ3) is 1.82. The fourth-order valence-electron chi connectivity index (χ4n) is 2.58. The van der Waals surface area contributed by atoms with E-state index < -0.39 is 0 Å². The molecular formula is C13H15ClO2. The van der Waals surface area contributed by atoms with Crippen LogP contribution in [0.15, 0.2) is 12.1 Å². The van der Waals surface area contributed by atoms with Crippen LogP contribution in [0.25, 0.3) is 0 Å². The molecule has 0 heterocycles. The number of aldehydes is 1. The lowest BCUT2D eigenvalue weighted by atomic mass is 9.89. The van der Waals surface area contributed by atoms with Gasteiger partial charge in [0.1, 0.15) is 5.75 Å². The number of hydrogen-bond acceptors (Lipinski definition) is 2. The number of aromatic hydroxyl groups is 1. The first-order valence-corrected chi connectivity index (χ1v) is 5.99. The maximum atomic E-state index is 10.7. The Labute approximate surface area is 100 Å². The van der Waals surface area contributed by atoms with E-state index in [1.165, 1.54) is 12.8 Å². The summed E-state index contributed by atoms with van der Waals surface area (Å²) in [4.78, 5) is 10.7. The third-order valence-corrected chi connectivity index (χ3v) is 3.96. The van der Waals surface area contributed by atoms with E-state index in [-0.39, 0.29) is 11.3 Å². The summed E-state index contributed by atoms with van der Waals surface area (Å²) in [6, 6.07) is 3.52. The summed E-state index contributed by atoms with van der Waals surface area (Å²) in [7, 11) is 0. The molecule has 0 radical (unpaired) electrons. The molecule has 1 fully saturated rings. The van der Waals surface area contributed by atoms with Gasteiger partial charge in [-0.15, -0.1) is 0 Å². The Morgan fingerprint density at radius 1 is 1.44 bits per heavy atom. The van der Waals surface area contributed by atoms with E-state index >= 15 is 0 Å². The normalized spacial score (nSPS) is 24.6. The van der Waals surface area contributed by atoms with Crippen molar-refractivity contribution < 1.29 is 9.90 Å². The van der Waals surface area contributed by atoms with E-state index in [2.05, 4.69) is 6.92 Å². The van der Waals surface area contributed by atoms with E-state index in [1.54, 1.807) is 6.07 Å². The van der Waals surface area contributed by atoms with Gasteiger partial charge >= 0.3 is 0 Å². The van der Waals surface area contributed by atoms with Crippen molar-refractivity contribution in [3.8, 4) is 5.75 Å². The van der Waals surface area contributed by atoms with E-state index in [0.29, 0.717) is 23.1 Å². The molecule has 1 aromatic rings. The minimum atomic E-state index is -0.0757. The summed E-state index contributed by atoms with van der Waals surface area (Å²) in [6.07, 6.45) is 4.15. The number of rotatable bonds is 2. The lowest BCUT2D eigenvalue weighted by Gasteiger charge is -2.18. The molecule has 86 valence electrons. The summed E-state index contributed by atoms with van der Waals surface area (Å²) in [5.41, 5.74) is 1.24. The Hall–Kier alpha value is -1.02. The van der Waals surface area contributed by atoms with Crippen molar-refractivity contribution in [2.75, 3.05) is 0 Å². The Morgan fingerprint density at radius 2 is 2.19 bits per heavy atom. The first-order valence-electron chi connectivity index (χ1n) is 5.61. The molecule has 2 rings (SSSR count). The van der Waals surface area contributed by atoms with Gasteiger partial charge in [0.2, 0.25) is 0 Å². The van der Waals surface area contributed by atoms with Gasteiger partial charge in [0.05, 0.1) is 10.6 Å². The minimum absolute atomic E-state index is 0.0757. The molecular weight excluding hydrogens is 224 g/mol. The largest absolute Gasteiger partial charge is 0.506 e. The third-order valence-electron chi connectivity index (χ3n) is 3.57. The Morgan fingerprint density at radius 3 is 2.75 bits per heavy atom. The second-order valence-corrected chi connectivity index (χ2v) is 4.92. The number of carbonyl (C=O) groups is 1. The highest BCUT2D eigenvalue weighted by atomic mass is 35.5. The molecule has 0 aliphatic heterocycles. The van der Waals surface area contributed by atoms with Crippen molar-refractivity contribution in [3.05, 3.63) is 28.3 Å². The maximum Gasteiger partial charge on any atom is 0.153 e. The van der Waals surface area contributed by atoms with Crippen LogP contribution in [0.4, 0.5) is 0 Å². The molecule has 16 heavy (non-hydrogen) atoms. The average molecular weight is 239 g/mol. The smallest absolute Gasteiger partial charge is 0.153 e. The van der Waals surface area contributed by atoms with Crippen LogP contribution in [0.3, 0.4) is 0 Å².